The lowest BCUT2D eigenvalue weighted by atomic mass is 9.65. The fourth-order valence-electron chi connectivity index (χ4n) is 2.30. The van der Waals surface area contributed by atoms with Crippen molar-refractivity contribution in [2.24, 2.45) is 12.0 Å². The molecule has 0 fully saturated rings. The second-order valence-corrected chi connectivity index (χ2v) is 4.72. The maximum absolute atomic E-state index is 6.19. The summed E-state index contributed by atoms with van der Waals surface area (Å²) in [5, 5.41) is -0.138. The number of oxazole rings is 1. The summed E-state index contributed by atoms with van der Waals surface area (Å²) in [5.41, 5.74) is 1.95. The van der Waals surface area contributed by atoms with Crippen LogP contribution in [0.25, 0.3) is 0 Å². The smallest absolute Gasteiger partial charge is 0.296 e. The number of rotatable bonds is 0. The molecule has 1 heterocycles. The minimum Gasteiger partial charge on any atom is -0.428 e. The number of aromatic nitrogens is 1. The fraction of sp³-hybridized carbons (Fsp3) is 0.727. The summed E-state index contributed by atoms with van der Waals surface area (Å²) in [4.78, 5) is 4.11. The van der Waals surface area contributed by atoms with Gasteiger partial charge in [0.15, 0.2) is 0 Å². The molecular formula is C11H17BN2O. The van der Waals surface area contributed by atoms with Crippen LogP contribution in [0.5, 0.6) is 0 Å². The van der Waals surface area contributed by atoms with Gasteiger partial charge in [0.1, 0.15) is 5.76 Å². The zero-order valence-electron chi connectivity index (χ0n) is 9.71. The average molecular weight is 204 g/mol. The molecule has 2 radical (unpaired) electrons. The van der Waals surface area contributed by atoms with Gasteiger partial charge in [0.2, 0.25) is 0 Å². The molecule has 0 spiro atoms. The summed E-state index contributed by atoms with van der Waals surface area (Å²) in [7, 11) is 9.95. The first-order valence-corrected chi connectivity index (χ1v) is 5.43. The van der Waals surface area contributed by atoms with Gasteiger partial charge in [-0.05, 0) is 12.8 Å². The molecule has 80 valence electrons. The maximum atomic E-state index is 6.19. The molecule has 0 amide bonds. The predicted octanol–water partition coefficient (Wildman–Crippen LogP) is 1.37. The molecule has 15 heavy (non-hydrogen) atoms. The molecule has 1 unspecified atom stereocenters. The molecule has 1 aromatic heterocycles. The molecule has 0 saturated carbocycles. The van der Waals surface area contributed by atoms with Crippen LogP contribution in [0.15, 0.2) is 9.41 Å². The minimum atomic E-state index is -0.138. The number of hydrogen-bond donors (Lipinski definition) is 0. The van der Waals surface area contributed by atoms with Crippen LogP contribution in [0, 0.1) is 0 Å². The lowest BCUT2D eigenvalue weighted by Crippen LogP contribution is -2.14. The summed E-state index contributed by atoms with van der Waals surface area (Å²) in [6.45, 7) is 2.09. The van der Waals surface area contributed by atoms with E-state index in [1.165, 1.54) is 5.69 Å². The highest BCUT2D eigenvalue weighted by Gasteiger charge is 2.26. The molecule has 0 bridgehead atoms. The molecule has 1 atom stereocenters. The Labute approximate surface area is 91.6 Å². The molecule has 1 aliphatic rings. The predicted molar refractivity (Wildman–Crippen MR) is 59.9 cm³/mol. The van der Waals surface area contributed by atoms with E-state index in [0.717, 1.165) is 31.4 Å². The van der Waals surface area contributed by atoms with Crippen molar-refractivity contribution in [1.82, 2.24) is 4.57 Å². The Morgan fingerprint density at radius 3 is 2.93 bits per heavy atom. The van der Waals surface area contributed by atoms with Crippen LogP contribution in [0.3, 0.4) is 0 Å². The van der Waals surface area contributed by atoms with Gasteiger partial charge in [-0.3, -0.25) is 4.57 Å². The Bertz CT molecular complexity index is 428. The van der Waals surface area contributed by atoms with Crippen LogP contribution >= 0.6 is 0 Å². The lowest BCUT2D eigenvalue weighted by molar-refractivity contribution is 0.412. The normalized spacial score (nSPS) is 27.5. The van der Waals surface area contributed by atoms with E-state index in [0.29, 0.717) is 5.68 Å². The van der Waals surface area contributed by atoms with Crippen molar-refractivity contribution in [2.45, 2.75) is 37.9 Å². The Balaban J connectivity index is 2.49. The number of nitrogens with zero attached hydrogens (tertiary/aromatic N) is 2. The van der Waals surface area contributed by atoms with Crippen molar-refractivity contribution >= 4 is 7.85 Å². The third-order valence-corrected chi connectivity index (χ3v) is 3.15. The van der Waals surface area contributed by atoms with E-state index in [9.17, 15) is 0 Å². The van der Waals surface area contributed by atoms with Gasteiger partial charge >= 0.3 is 0 Å². The van der Waals surface area contributed by atoms with E-state index >= 15 is 0 Å². The Hall–Kier alpha value is -0.925. The fourth-order valence-corrected chi connectivity index (χ4v) is 2.30. The van der Waals surface area contributed by atoms with Gasteiger partial charge in [-0.25, -0.2) is 4.99 Å². The van der Waals surface area contributed by atoms with Crippen molar-refractivity contribution in [2.75, 3.05) is 7.05 Å². The Kier molecular flexibility index (Phi) is 2.53. The van der Waals surface area contributed by atoms with Gasteiger partial charge in [-0.1, -0.05) is 18.7 Å². The zero-order valence-corrected chi connectivity index (χ0v) is 9.71. The molecule has 3 nitrogen and oxygen atoms in total. The van der Waals surface area contributed by atoms with Crippen LogP contribution in [0.2, 0.25) is 5.31 Å². The van der Waals surface area contributed by atoms with Crippen LogP contribution in [0.1, 0.15) is 31.2 Å². The molecule has 0 N–H and O–H groups in total. The molecular weight excluding hydrogens is 187 g/mol. The molecule has 2 rings (SSSR count). The second-order valence-electron chi connectivity index (χ2n) is 4.72. The van der Waals surface area contributed by atoms with Gasteiger partial charge in [0.25, 0.3) is 5.68 Å². The van der Waals surface area contributed by atoms with Crippen LogP contribution in [-0.4, -0.2) is 19.5 Å². The highest BCUT2D eigenvalue weighted by atomic mass is 16.4. The summed E-state index contributed by atoms with van der Waals surface area (Å²) in [5.74, 6) is 1.01. The maximum Gasteiger partial charge on any atom is 0.296 e. The summed E-state index contributed by atoms with van der Waals surface area (Å²) >= 11 is 0. The van der Waals surface area contributed by atoms with Crippen LogP contribution in [0.4, 0.5) is 0 Å². The first-order valence-electron chi connectivity index (χ1n) is 5.43. The van der Waals surface area contributed by atoms with E-state index in [-0.39, 0.29) is 5.31 Å². The van der Waals surface area contributed by atoms with E-state index in [4.69, 9.17) is 12.3 Å². The van der Waals surface area contributed by atoms with Gasteiger partial charge in [-0.15, -0.1) is 0 Å². The topological polar surface area (TPSA) is 30.4 Å². The number of hydrogen-bond acceptors (Lipinski definition) is 2. The third-order valence-electron chi connectivity index (χ3n) is 3.15. The van der Waals surface area contributed by atoms with Gasteiger partial charge in [0, 0.05) is 20.5 Å². The summed E-state index contributed by atoms with van der Waals surface area (Å²) in [6.07, 6.45) is 4.02. The summed E-state index contributed by atoms with van der Waals surface area (Å²) in [6, 6.07) is 0. The van der Waals surface area contributed by atoms with E-state index in [1.54, 1.807) is 7.05 Å². The monoisotopic (exact) mass is 204 g/mol. The molecule has 0 saturated heterocycles. The quantitative estimate of drug-likeness (QED) is 0.463. The zero-order chi connectivity index (χ0) is 11.1. The van der Waals surface area contributed by atoms with Gasteiger partial charge in [-0.2, -0.15) is 0 Å². The molecule has 1 aromatic rings. The highest BCUT2D eigenvalue weighted by Crippen LogP contribution is 2.36. The minimum absolute atomic E-state index is 0.138. The highest BCUT2D eigenvalue weighted by molar-refractivity contribution is 6.15. The molecule has 0 aromatic carbocycles. The van der Waals surface area contributed by atoms with E-state index in [1.807, 2.05) is 11.6 Å². The lowest BCUT2D eigenvalue weighted by Gasteiger charge is -2.21. The van der Waals surface area contributed by atoms with Crippen molar-refractivity contribution in [3.63, 3.8) is 0 Å². The second kappa shape index (κ2) is 3.58. The Morgan fingerprint density at radius 1 is 1.53 bits per heavy atom. The van der Waals surface area contributed by atoms with Crippen molar-refractivity contribution in [1.29, 1.82) is 0 Å². The molecule has 4 heteroatoms. The largest absolute Gasteiger partial charge is 0.428 e. The van der Waals surface area contributed by atoms with Crippen molar-refractivity contribution in [3.05, 3.63) is 17.1 Å². The van der Waals surface area contributed by atoms with Crippen LogP contribution in [-0.2, 0) is 19.9 Å². The van der Waals surface area contributed by atoms with Crippen molar-refractivity contribution in [3.8, 4) is 0 Å². The van der Waals surface area contributed by atoms with Gasteiger partial charge < -0.3 is 4.42 Å². The summed E-state index contributed by atoms with van der Waals surface area (Å²) < 4.78 is 7.76. The standard InChI is InChI=1S/C11H17BN2O/c1-11(12)6-4-5-8-9(7-11)15-10(13-2)14(8)3/h4-7H2,1-3H3. The van der Waals surface area contributed by atoms with Crippen molar-refractivity contribution < 1.29 is 4.42 Å². The first kappa shape index (κ1) is 10.6. The van der Waals surface area contributed by atoms with Gasteiger partial charge in [0.05, 0.1) is 13.5 Å². The van der Waals surface area contributed by atoms with E-state index < -0.39 is 0 Å². The van der Waals surface area contributed by atoms with Crippen LogP contribution < -0.4 is 5.68 Å². The third kappa shape index (κ3) is 1.90. The van der Waals surface area contributed by atoms with E-state index in [2.05, 4.69) is 11.9 Å². The average Bonchev–Trinajstić information content (AvgIpc) is 2.37. The number of fused-ring (bicyclic) bond motifs is 1. The SMILES string of the molecule is [B]C1(C)CCCc2c(oc(=NC)n2C)C1. The first-order chi connectivity index (χ1) is 7.03. The Morgan fingerprint density at radius 2 is 2.27 bits per heavy atom. The molecule has 1 aliphatic carbocycles. The molecule has 0 aliphatic heterocycles.